The zero-order chi connectivity index (χ0) is 15.3. The second-order valence-corrected chi connectivity index (χ2v) is 4.80. The third-order valence-electron chi connectivity index (χ3n) is 3.22. The largest absolute Gasteiger partial charge is 0.481 e. The number of aliphatic carboxylic acids is 1. The van der Waals surface area contributed by atoms with Gasteiger partial charge >= 0.3 is 12.0 Å². The van der Waals surface area contributed by atoms with Crippen molar-refractivity contribution in [3.05, 3.63) is 0 Å². The van der Waals surface area contributed by atoms with Gasteiger partial charge in [-0.25, -0.2) is 4.79 Å². The summed E-state index contributed by atoms with van der Waals surface area (Å²) >= 11 is 0. The number of amides is 3. The zero-order valence-electron chi connectivity index (χ0n) is 12.0. The molecule has 20 heavy (non-hydrogen) atoms. The van der Waals surface area contributed by atoms with Crippen molar-refractivity contribution in [2.45, 2.75) is 13.0 Å². The number of carbonyl (C=O) groups excluding carboxylic acids is 2. The maximum absolute atomic E-state index is 12.3. The quantitative estimate of drug-likeness (QED) is 0.705. The van der Waals surface area contributed by atoms with E-state index < -0.39 is 17.9 Å². The van der Waals surface area contributed by atoms with Crippen molar-refractivity contribution in [1.82, 2.24) is 15.1 Å². The number of nitrogens with zero attached hydrogens (tertiary/aromatic N) is 2. The van der Waals surface area contributed by atoms with Gasteiger partial charge in [-0.3, -0.25) is 9.59 Å². The molecule has 8 heteroatoms. The molecule has 0 saturated carbocycles. The molecular weight excluding hydrogens is 266 g/mol. The SMILES string of the molecule is CNC(=O)C1COCCN1C(=O)N(C)CC(C)C(=O)O. The van der Waals surface area contributed by atoms with Crippen molar-refractivity contribution >= 4 is 17.9 Å². The van der Waals surface area contributed by atoms with Gasteiger partial charge in [-0.15, -0.1) is 0 Å². The number of carbonyl (C=O) groups is 3. The van der Waals surface area contributed by atoms with Crippen LogP contribution in [0.15, 0.2) is 0 Å². The molecule has 2 atom stereocenters. The zero-order valence-corrected chi connectivity index (χ0v) is 12.0. The molecule has 1 saturated heterocycles. The minimum atomic E-state index is -0.963. The molecule has 0 spiro atoms. The Balaban J connectivity index is 2.72. The molecule has 1 aliphatic heterocycles. The summed E-state index contributed by atoms with van der Waals surface area (Å²) in [7, 11) is 3.02. The highest BCUT2D eigenvalue weighted by molar-refractivity contribution is 5.87. The van der Waals surface area contributed by atoms with Crippen molar-refractivity contribution < 1.29 is 24.2 Å². The first-order valence-electron chi connectivity index (χ1n) is 6.42. The number of ether oxygens (including phenoxy) is 1. The molecule has 0 aliphatic carbocycles. The number of urea groups is 1. The van der Waals surface area contributed by atoms with Crippen LogP contribution in [0.5, 0.6) is 0 Å². The Bertz CT molecular complexity index is 387. The summed E-state index contributed by atoms with van der Waals surface area (Å²) in [5.74, 6) is -1.92. The first-order chi connectivity index (χ1) is 9.38. The van der Waals surface area contributed by atoms with Crippen molar-refractivity contribution in [3.63, 3.8) is 0 Å². The van der Waals surface area contributed by atoms with Crippen LogP contribution in [-0.4, -0.2) is 79.3 Å². The molecule has 2 unspecified atom stereocenters. The predicted octanol–water partition coefficient (Wildman–Crippen LogP) is -0.794. The first-order valence-corrected chi connectivity index (χ1v) is 6.42. The predicted molar refractivity (Wildman–Crippen MR) is 70.2 cm³/mol. The molecule has 0 aromatic carbocycles. The Hall–Kier alpha value is -1.83. The van der Waals surface area contributed by atoms with Gasteiger partial charge in [0, 0.05) is 27.2 Å². The molecule has 0 aromatic rings. The first kappa shape index (κ1) is 16.2. The second-order valence-electron chi connectivity index (χ2n) is 4.80. The number of hydrogen-bond donors (Lipinski definition) is 2. The topological polar surface area (TPSA) is 99.2 Å². The number of nitrogens with one attached hydrogen (secondary N) is 1. The fourth-order valence-corrected chi connectivity index (χ4v) is 2.00. The molecule has 114 valence electrons. The molecule has 8 nitrogen and oxygen atoms in total. The van der Waals surface area contributed by atoms with E-state index in [2.05, 4.69) is 5.32 Å². The van der Waals surface area contributed by atoms with Crippen LogP contribution >= 0.6 is 0 Å². The highest BCUT2D eigenvalue weighted by Gasteiger charge is 2.34. The average Bonchev–Trinajstić information content (AvgIpc) is 2.45. The minimum Gasteiger partial charge on any atom is -0.481 e. The fraction of sp³-hybridized carbons (Fsp3) is 0.750. The second kappa shape index (κ2) is 7.09. The molecule has 0 bridgehead atoms. The lowest BCUT2D eigenvalue weighted by atomic mass is 10.1. The van der Waals surface area contributed by atoms with Gasteiger partial charge in [0.25, 0.3) is 0 Å². The van der Waals surface area contributed by atoms with E-state index in [1.807, 2.05) is 0 Å². The summed E-state index contributed by atoms with van der Waals surface area (Å²) < 4.78 is 5.22. The van der Waals surface area contributed by atoms with Gasteiger partial charge in [0.05, 0.1) is 19.1 Å². The number of morpholine rings is 1. The van der Waals surface area contributed by atoms with Crippen LogP contribution in [0.2, 0.25) is 0 Å². The summed E-state index contributed by atoms with van der Waals surface area (Å²) in [4.78, 5) is 37.6. The summed E-state index contributed by atoms with van der Waals surface area (Å²) in [5.41, 5.74) is 0. The molecule has 1 fully saturated rings. The van der Waals surface area contributed by atoms with Gasteiger partial charge < -0.3 is 25.0 Å². The van der Waals surface area contributed by atoms with Gasteiger partial charge in [0.2, 0.25) is 5.91 Å². The Morgan fingerprint density at radius 1 is 1.50 bits per heavy atom. The number of rotatable bonds is 4. The molecule has 1 aliphatic rings. The summed E-state index contributed by atoms with van der Waals surface area (Å²) in [6.07, 6.45) is 0. The maximum Gasteiger partial charge on any atom is 0.320 e. The molecule has 0 radical (unpaired) electrons. The van der Waals surface area contributed by atoms with Gasteiger partial charge in [-0.1, -0.05) is 6.92 Å². The van der Waals surface area contributed by atoms with Crippen LogP contribution in [0.3, 0.4) is 0 Å². The Morgan fingerprint density at radius 2 is 2.15 bits per heavy atom. The third-order valence-corrected chi connectivity index (χ3v) is 3.22. The minimum absolute atomic E-state index is 0.0893. The monoisotopic (exact) mass is 287 g/mol. The van der Waals surface area contributed by atoms with Crippen molar-refractivity contribution in [2.75, 3.05) is 40.4 Å². The molecular formula is C12H21N3O5. The van der Waals surface area contributed by atoms with Crippen LogP contribution < -0.4 is 5.32 Å². The molecule has 2 N–H and O–H groups in total. The number of hydrogen-bond acceptors (Lipinski definition) is 4. The number of carboxylic acids is 1. The van der Waals surface area contributed by atoms with Gasteiger partial charge in [0.15, 0.2) is 0 Å². The van der Waals surface area contributed by atoms with Crippen molar-refractivity contribution in [3.8, 4) is 0 Å². The van der Waals surface area contributed by atoms with E-state index in [0.717, 1.165) is 0 Å². The Morgan fingerprint density at radius 3 is 2.70 bits per heavy atom. The van der Waals surface area contributed by atoms with Crippen molar-refractivity contribution in [2.24, 2.45) is 5.92 Å². The lowest BCUT2D eigenvalue weighted by Gasteiger charge is -2.37. The highest BCUT2D eigenvalue weighted by Crippen LogP contribution is 2.11. The van der Waals surface area contributed by atoms with E-state index in [1.165, 1.54) is 30.8 Å². The van der Waals surface area contributed by atoms with Crippen LogP contribution in [0.25, 0.3) is 0 Å². The normalized spacial score (nSPS) is 20.1. The van der Waals surface area contributed by atoms with E-state index in [9.17, 15) is 14.4 Å². The van der Waals surface area contributed by atoms with Gasteiger partial charge in [0.1, 0.15) is 6.04 Å². The fourth-order valence-electron chi connectivity index (χ4n) is 2.00. The Kier molecular flexibility index (Phi) is 5.75. The van der Waals surface area contributed by atoms with Crippen LogP contribution in [-0.2, 0) is 14.3 Å². The van der Waals surface area contributed by atoms with Crippen LogP contribution in [0, 0.1) is 5.92 Å². The smallest absolute Gasteiger partial charge is 0.320 e. The molecule has 1 heterocycles. The van der Waals surface area contributed by atoms with E-state index in [0.29, 0.717) is 13.2 Å². The summed E-state index contributed by atoms with van der Waals surface area (Å²) in [5, 5.41) is 11.4. The molecule has 3 amide bonds. The maximum atomic E-state index is 12.3. The van der Waals surface area contributed by atoms with E-state index in [-0.39, 0.29) is 25.1 Å². The highest BCUT2D eigenvalue weighted by atomic mass is 16.5. The summed E-state index contributed by atoms with van der Waals surface area (Å²) in [6, 6.07) is -1.04. The number of likely N-dealkylation sites (N-methyl/N-ethyl adjacent to an activating group) is 1. The summed E-state index contributed by atoms with van der Waals surface area (Å²) in [6.45, 7) is 2.44. The lowest BCUT2D eigenvalue weighted by molar-refractivity contribution is -0.141. The van der Waals surface area contributed by atoms with Crippen LogP contribution in [0.1, 0.15) is 6.92 Å². The van der Waals surface area contributed by atoms with Gasteiger partial charge in [-0.05, 0) is 0 Å². The van der Waals surface area contributed by atoms with E-state index in [4.69, 9.17) is 9.84 Å². The van der Waals surface area contributed by atoms with E-state index in [1.54, 1.807) is 0 Å². The molecule has 0 aromatic heterocycles. The molecule has 1 rings (SSSR count). The standard InChI is InChI=1S/C12H21N3O5/c1-8(11(17)18)6-14(3)12(19)15-4-5-20-7-9(15)10(16)13-2/h8-9H,4-7H2,1-3H3,(H,13,16)(H,17,18). The van der Waals surface area contributed by atoms with Crippen LogP contribution in [0.4, 0.5) is 4.79 Å². The van der Waals surface area contributed by atoms with E-state index >= 15 is 0 Å². The third kappa shape index (κ3) is 3.83. The number of carboxylic acid groups (broad SMARTS) is 1. The van der Waals surface area contributed by atoms with Crippen molar-refractivity contribution in [1.29, 1.82) is 0 Å². The lowest BCUT2D eigenvalue weighted by Crippen LogP contribution is -2.58. The average molecular weight is 287 g/mol. The Labute approximate surface area is 117 Å². The van der Waals surface area contributed by atoms with Gasteiger partial charge in [-0.2, -0.15) is 0 Å².